The van der Waals surface area contributed by atoms with Gasteiger partial charge in [-0.05, 0) is 52.6 Å². The van der Waals surface area contributed by atoms with Crippen molar-refractivity contribution in [2.24, 2.45) is 0 Å². The van der Waals surface area contributed by atoms with Gasteiger partial charge in [-0.15, -0.1) is 0 Å². The fourth-order valence-corrected chi connectivity index (χ4v) is 3.43. The zero-order valence-corrected chi connectivity index (χ0v) is 10.1. The first-order valence-corrected chi connectivity index (χ1v) is 6.13. The highest BCUT2D eigenvalue weighted by Crippen LogP contribution is 2.45. The van der Waals surface area contributed by atoms with Gasteiger partial charge in [-0.2, -0.15) is 0 Å². The van der Waals surface area contributed by atoms with Gasteiger partial charge in [-0.25, -0.2) is 0 Å². The molecule has 2 heterocycles. The molecule has 0 aromatic heterocycles. The van der Waals surface area contributed by atoms with Crippen LogP contribution in [-0.2, 0) is 4.74 Å². The average molecular weight is 211 g/mol. The van der Waals surface area contributed by atoms with E-state index in [1.54, 1.807) is 0 Å². The topological polar surface area (TPSA) is 32.7 Å². The van der Waals surface area contributed by atoms with Crippen molar-refractivity contribution < 1.29 is 9.84 Å². The lowest BCUT2D eigenvalue weighted by molar-refractivity contribution is -0.224. The van der Waals surface area contributed by atoms with Crippen LogP contribution in [0.15, 0.2) is 0 Å². The third-order valence-electron chi connectivity index (χ3n) is 3.97. The predicted octanol–water partition coefficient (Wildman–Crippen LogP) is 0.319. The Bertz CT molecular complexity index is 233. The van der Waals surface area contributed by atoms with Crippen molar-refractivity contribution in [3.05, 3.63) is 0 Å². The molecule has 0 saturated carbocycles. The molecule has 2 aliphatic heterocycles. The summed E-state index contributed by atoms with van der Waals surface area (Å²) in [7, 11) is 1.84. The molecule has 0 aromatic rings. The summed E-state index contributed by atoms with van der Waals surface area (Å²) in [5.74, 6) is 0. The molecule has 86 valence electrons. The summed E-state index contributed by atoms with van der Waals surface area (Å²) in [6.07, 6.45) is 4.62. The Morgan fingerprint density at radius 2 is 1.87 bits per heavy atom. The molecule has 3 nitrogen and oxygen atoms in total. The molecule has 1 atom stereocenters. The smallest absolute Gasteiger partial charge is 0.180 e. The van der Waals surface area contributed by atoms with E-state index in [4.69, 9.17) is 4.74 Å². The van der Waals surface area contributed by atoms with Gasteiger partial charge in [0.2, 0.25) is 0 Å². The zero-order chi connectivity index (χ0) is 11.1. The molecule has 0 radical (unpaired) electrons. The third kappa shape index (κ3) is 1.73. The third-order valence-corrected chi connectivity index (χ3v) is 3.97. The number of hydrogen-bond acceptors (Lipinski definition) is 3. The molecular formula is C11H22BNO2. The molecular weight excluding hydrogens is 189 g/mol. The Hall–Kier alpha value is -0.0551. The second-order valence-electron chi connectivity index (χ2n) is 5.38. The second kappa shape index (κ2) is 3.76. The Kier molecular flexibility index (Phi) is 2.86. The van der Waals surface area contributed by atoms with Gasteiger partial charge < -0.3 is 9.84 Å². The Balaban J connectivity index is 2.19. The molecule has 4 heteroatoms. The van der Waals surface area contributed by atoms with E-state index < -0.39 is 5.69 Å². The summed E-state index contributed by atoms with van der Waals surface area (Å²) in [4.78, 5) is 2.43. The van der Waals surface area contributed by atoms with Crippen LogP contribution in [0.2, 0.25) is 0 Å². The highest BCUT2D eigenvalue weighted by Gasteiger charge is 2.56. The van der Waals surface area contributed by atoms with Crippen LogP contribution in [0.3, 0.4) is 0 Å². The zero-order valence-electron chi connectivity index (χ0n) is 10.1. The first kappa shape index (κ1) is 11.4. The SMILES string of the molecule is BC(O)(OC(C)C)C12CCCN1CCC2. The molecule has 2 aliphatic rings. The molecule has 2 rings (SSSR count). The van der Waals surface area contributed by atoms with Gasteiger partial charge in [-0.1, -0.05) is 0 Å². The van der Waals surface area contributed by atoms with E-state index in [-0.39, 0.29) is 11.6 Å². The summed E-state index contributed by atoms with van der Waals surface area (Å²) in [6.45, 7) is 6.22. The van der Waals surface area contributed by atoms with Gasteiger partial charge in [0.1, 0.15) is 5.69 Å². The summed E-state index contributed by atoms with van der Waals surface area (Å²) < 4.78 is 5.74. The lowest BCUT2D eigenvalue weighted by Gasteiger charge is -2.45. The molecule has 2 saturated heterocycles. The number of rotatable bonds is 3. The maximum absolute atomic E-state index is 10.6. The average Bonchev–Trinajstić information content (AvgIpc) is 2.56. The maximum atomic E-state index is 10.6. The number of fused-ring (bicyclic) bond motifs is 1. The standard InChI is InChI=1S/C11H22BNO2/c1-9(2)15-11(12,14)10-5-3-7-13(10)8-4-6-10/h9,14H,3-8,12H2,1-2H3. The molecule has 0 aromatic carbocycles. The van der Waals surface area contributed by atoms with Gasteiger partial charge in [0.15, 0.2) is 7.85 Å². The molecule has 0 aliphatic carbocycles. The second-order valence-corrected chi connectivity index (χ2v) is 5.38. The van der Waals surface area contributed by atoms with E-state index in [0.29, 0.717) is 0 Å². The summed E-state index contributed by atoms with van der Waals surface area (Å²) in [5.41, 5.74) is -1.09. The molecule has 0 spiro atoms. The number of ether oxygens (including phenoxy) is 1. The fraction of sp³-hybridized carbons (Fsp3) is 1.00. The quantitative estimate of drug-likeness (QED) is 0.539. The van der Waals surface area contributed by atoms with Crippen LogP contribution in [0.4, 0.5) is 0 Å². The van der Waals surface area contributed by atoms with Gasteiger partial charge in [0.25, 0.3) is 0 Å². The lowest BCUT2D eigenvalue weighted by atomic mass is 9.73. The Morgan fingerprint density at radius 1 is 1.33 bits per heavy atom. The number of nitrogens with zero attached hydrogens (tertiary/aromatic N) is 1. The van der Waals surface area contributed by atoms with E-state index in [1.807, 2.05) is 21.7 Å². The molecule has 2 fully saturated rings. The Labute approximate surface area is 93.2 Å². The summed E-state index contributed by atoms with van der Waals surface area (Å²) in [5, 5.41) is 10.6. The van der Waals surface area contributed by atoms with Crippen molar-refractivity contribution in [1.82, 2.24) is 4.90 Å². The summed E-state index contributed by atoms with van der Waals surface area (Å²) in [6, 6.07) is 0. The van der Waals surface area contributed by atoms with Crippen molar-refractivity contribution in [1.29, 1.82) is 0 Å². The van der Waals surface area contributed by atoms with Crippen LogP contribution in [0.25, 0.3) is 0 Å². The van der Waals surface area contributed by atoms with Crippen molar-refractivity contribution in [2.75, 3.05) is 13.1 Å². The van der Waals surface area contributed by atoms with E-state index in [2.05, 4.69) is 4.90 Å². The first-order valence-electron chi connectivity index (χ1n) is 6.13. The molecule has 1 unspecified atom stereocenters. The van der Waals surface area contributed by atoms with Crippen molar-refractivity contribution in [3.63, 3.8) is 0 Å². The molecule has 0 amide bonds. The monoisotopic (exact) mass is 211 g/mol. The first-order chi connectivity index (χ1) is 6.98. The van der Waals surface area contributed by atoms with E-state index >= 15 is 0 Å². The molecule has 15 heavy (non-hydrogen) atoms. The van der Waals surface area contributed by atoms with Crippen LogP contribution in [-0.4, -0.2) is 48.3 Å². The van der Waals surface area contributed by atoms with Crippen molar-refractivity contribution >= 4 is 7.85 Å². The van der Waals surface area contributed by atoms with Crippen LogP contribution in [0.1, 0.15) is 39.5 Å². The highest BCUT2D eigenvalue weighted by molar-refractivity contribution is 6.14. The molecule has 0 bridgehead atoms. The normalized spacial score (nSPS) is 29.3. The van der Waals surface area contributed by atoms with Crippen LogP contribution < -0.4 is 0 Å². The van der Waals surface area contributed by atoms with Crippen LogP contribution >= 0.6 is 0 Å². The minimum absolute atomic E-state index is 0.0809. The highest BCUT2D eigenvalue weighted by atomic mass is 16.6. The van der Waals surface area contributed by atoms with Crippen LogP contribution in [0.5, 0.6) is 0 Å². The fourth-order valence-electron chi connectivity index (χ4n) is 3.43. The van der Waals surface area contributed by atoms with Gasteiger partial charge in [-0.3, -0.25) is 4.90 Å². The van der Waals surface area contributed by atoms with E-state index in [1.165, 1.54) is 12.8 Å². The van der Waals surface area contributed by atoms with Crippen LogP contribution in [0, 0.1) is 0 Å². The minimum Gasteiger partial charge on any atom is -0.372 e. The van der Waals surface area contributed by atoms with E-state index in [9.17, 15) is 5.11 Å². The lowest BCUT2D eigenvalue weighted by Crippen LogP contribution is -2.61. The Morgan fingerprint density at radius 3 is 2.33 bits per heavy atom. The van der Waals surface area contributed by atoms with E-state index in [0.717, 1.165) is 25.9 Å². The summed E-state index contributed by atoms with van der Waals surface area (Å²) >= 11 is 0. The predicted molar refractivity (Wildman–Crippen MR) is 62.5 cm³/mol. The maximum Gasteiger partial charge on any atom is 0.180 e. The number of aliphatic hydroxyl groups is 1. The van der Waals surface area contributed by atoms with Gasteiger partial charge in [0.05, 0.1) is 11.6 Å². The van der Waals surface area contributed by atoms with Gasteiger partial charge in [0, 0.05) is 0 Å². The molecule has 1 N–H and O–H groups in total. The minimum atomic E-state index is -0.992. The number of hydrogen-bond donors (Lipinski definition) is 1. The largest absolute Gasteiger partial charge is 0.372 e. The van der Waals surface area contributed by atoms with Crippen molar-refractivity contribution in [2.45, 2.75) is 56.9 Å². The van der Waals surface area contributed by atoms with Gasteiger partial charge >= 0.3 is 0 Å². The van der Waals surface area contributed by atoms with Crippen molar-refractivity contribution in [3.8, 4) is 0 Å².